The van der Waals surface area contributed by atoms with Crippen molar-refractivity contribution in [2.24, 2.45) is 5.41 Å². The minimum atomic E-state index is -0.329. The summed E-state index contributed by atoms with van der Waals surface area (Å²) < 4.78 is 5.73. The number of alkyl carbamates (subject to hydrolysis) is 1. The topological polar surface area (TPSA) is 41.6 Å². The van der Waals surface area contributed by atoms with Crippen molar-refractivity contribution in [2.45, 2.75) is 59.2 Å². The number of amides is 1. The van der Waals surface area contributed by atoms with Gasteiger partial charge in [0.1, 0.15) is 6.10 Å². The van der Waals surface area contributed by atoms with Crippen LogP contribution in [0.2, 0.25) is 0 Å². The summed E-state index contributed by atoms with van der Waals surface area (Å²) in [6.45, 7) is 14.1. The highest BCUT2D eigenvalue weighted by atomic mass is 16.6. The van der Waals surface area contributed by atoms with E-state index in [1.807, 2.05) is 26.8 Å². The van der Waals surface area contributed by atoms with Crippen LogP contribution in [0.15, 0.2) is 30.3 Å². The summed E-state index contributed by atoms with van der Waals surface area (Å²) in [6.07, 6.45) is -0.430. The van der Waals surface area contributed by atoms with Gasteiger partial charge in [0.25, 0.3) is 0 Å². The van der Waals surface area contributed by atoms with Crippen LogP contribution in [0.3, 0.4) is 0 Å². The summed E-state index contributed by atoms with van der Waals surface area (Å²) in [6, 6.07) is 10.8. The number of carbonyl (C=O) groups excluding carboxylic acids is 1. The van der Waals surface area contributed by atoms with Gasteiger partial charge < -0.3 is 10.1 Å². The van der Waals surface area contributed by atoms with Crippen LogP contribution in [0.25, 0.3) is 0 Å². The average Bonchev–Trinajstić information content (AvgIpc) is 2.72. The van der Waals surface area contributed by atoms with Crippen molar-refractivity contribution in [3.05, 3.63) is 35.9 Å². The normalized spacial score (nSPS) is 22.6. The van der Waals surface area contributed by atoms with Crippen molar-refractivity contribution in [1.82, 2.24) is 10.2 Å². The lowest BCUT2D eigenvalue weighted by Gasteiger charge is -2.28. The molecular formula is C19H30N2O2. The molecule has 0 saturated carbocycles. The molecular weight excluding hydrogens is 288 g/mol. The van der Waals surface area contributed by atoms with Crippen LogP contribution in [-0.2, 0) is 4.74 Å². The molecule has 23 heavy (non-hydrogen) atoms. The second-order valence-corrected chi connectivity index (χ2v) is 8.27. The van der Waals surface area contributed by atoms with E-state index in [0.717, 1.165) is 13.1 Å². The van der Waals surface area contributed by atoms with Gasteiger partial charge in [-0.1, -0.05) is 44.2 Å². The second-order valence-electron chi connectivity index (χ2n) is 8.27. The van der Waals surface area contributed by atoms with Gasteiger partial charge in [-0.3, -0.25) is 4.90 Å². The summed E-state index contributed by atoms with van der Waals surface area (Å²) in [5.74, 6) is 0. The molecule has 1 aliphatic rings. The molecule has 128 valence electrons. The van der Waals surface area contributed by atoms with E-state index in [2.05, 4.69) is 55.3 Å². The Balaban J connectivity index is 2.02. The molecule has 1 N–H and O–H groups in total. The van der Waals surface area contributed by atoms with Crippen molar-refractivity contribution < 1.29 is 9.53 Å². The summed E-state index contributed by atoms with van der Waals surface area (Å²) in [7, 11) is 0. The first-order valence-corrected chi connectivity index (χ1v) is 8.36. The molecule has 1 unspecified atom stereocenters. The molecule has 0 bridgehead atoms. The Kier molecular flexibility index (Phi) is 5.04. The Morgan fingerprint density at radius 2 is 1.91 bits per heavy atom. The number of likely N-dealkylation sites (tertiary alicyclic amines) is 1. The third-order valence-electron chi connectivity index (χ3n) is 4.44. The van der Waals surface area contributed by atoms with Gasteiger partial charge in [-0.25, -0.2) is 4.79 Å². The number of rotatable bonds is 3. The van der Waals surface area contributed by atoms with Crippen LogP contribution in [0.4, 0.5) is 4.79 Å². The van der Waals surface area contributed by atoms with E-state index in [1.54, 1.807) is 0 Å². The number of nitrogens with zero attached hydrogens (tertiary/aromatic N) is 1. The van der Waals surface area contributed by atoms with Gasteiger partial charge in [0.2, 0.25) is 0 Å². The van der Waals surface area contributed by atoms with Crippen LogP contribution >= 0.6 is 0 Å². The van der Waals surface area contributed by atoms with Gasteiger partial charge in [-0.15, -0.1) is 0 Å². The Bertz CT molecular complexity index is 534. The number of ether oxygens (including phenoxy) is 1. The zero-order chi connectivity index (χ0) is 17.3. The van der Waals surface area contributed by atoms with Gasteiger partial charge in [-0.2, -0.15) is 0 Å². The van der Waals surface area contributed by atoms with E-state index < -0.39 is 0 Å². The maximum absolute atomic E-state index is 12.1. The molecule has 2 rings (SSSR count). The smallest absolute Gasteiger partial charge is 0.407 e. The average molecular weight is 318 g/mol. The van der Waals surface area contributed by atoms with Gasteiger partial charge in [0.15, 0.2) is 0 Å². The monoisotopic (exact) mass is 318 g/mol. The highest BCUT2D eigenvalue weighted by molar-refractivity contribution is 5.68. The molecule has 0 radical (unpaired) electrons. The first kappa shape index (κ1) is 17.8. The van der Waals surface area contributed by atoms with Crippen LogP contribution in [0.5, 0.6) is 0 Å². The number of hydrogen-bond acceptors (Lipinski definition) is 3. The predicted octanol–water partition coefficient (Wildman–Crippen LogP) is 3.98. The standard InChI is InChI=1S/C19H30N2O2/c1-14(15-10-8-7-9-11-15)21-12-16(19(5,6)13-21)23-17(22)20-18(2,3)4/h7-11,14,16H,12-13H2,1-6H3,(H,20,22)/t14-,16?/m1/s1. The van der Waals surface area contributed by atoms with Crippen LogP contribution in [0, 0.1) is 5.41 Å². The summed E-state index contributed by atoms with van der Waals surface area (Å²) in [5.41, 5.74) is 0.956. The van der Waals surface area contributed by atoms with Gasteiger partial charge in [0.05, 0.1) is 0 Å². The molecule has 0 aliphatic carbocycles. The molecule has 0 aromatic heterocycles. The first-order chi connectivity index (χ1) is 10.6. The molecule has 1 aliphatic heterocycles. The molecule has 0 spiro atoms. The van der Waals surface area contributed by atoms with Crippen molar-refractivity contribution in [3.8, 4) is 0 Å². The van der Waals surface area contributed by atoms with E-state index in [1.165, 1.54) is 5.56 Å². The maximum Gasteiger partial charge on any atom is 0.407 e. The first-order valence-electron chi connectivity index (χ1n) is 8.36. The minimum Gasteiger partial charge on any atom is -0.444 e. The van der Waals surface area contributed by atoms with Crippen molar-refractivity contribution >= 4 is 6.09 Å². The van der Waals surface area contributed by atoms with Crippen molar-refractivity contribution in [2.75, 3.05) is 13.1 Å². The molecule has 1 amide bonds. The fourth-order valence-electron chi connectivity index (χ4n) is 3.05. The van der Waals surface area contributed by atoms with Crippen LogP contribution in [0.1, 0.15) is 53.1 Å². The minimum absolute atomic E-state index is 0.0573. The number of carbonyl (C=O) groups is 1. The Morgan fingerprint density at radius 3 is 2.48 bits per heavy atom. The highest BCUT2D eigenvalue weighted by Crippen LogP contribution is 2.36. The molecule has 1 aromatic rings. The van der Waals surface area contributed by atoms with Gasteiger partial charge >= 0.3 is 6.09 Å². The maximum atomic E-state index is 12.1. The Labute approximate surface area is 140 Å². The molecule has 4 heteroatoms. The second kappa shape index (κ2) is 6.52. The van der Waals surface area contributed by atoms with E-state index in [0.29, 0.717) is 6.04 Å². The van der Waals surface area contributed by atoms with Gasteiger partial charge in [0, 0.05) is 30.1 Å². The Morgan fingerprint density at radius 1 is 1.30 bits per heavy atom. The van der Waals surface area contributed by atoms with E-state index in [-0.39, 0.29) is 23.2 Å². The zero-order valence-corrected chi connectivity index (χ0v) is 15.2. The third-order valence-corrected chi connectivity index (χ3v) is 4.44. The fourth-order valence-corrected chi connectivity index (χ4v) is 3.05. The molecule has 1 heterocycles. The number of benzene rings is 1. The number of nitrogens with one attached hydrogen (secondary N) is 1. The summed E-state index contributed by atoms with van der Waals surface area (Å²) in [5, 5.41) is 2.88. The summed E-state index contributed by atoms with van der Waals surface area (Å²) in [4.78, 5) is 14.5. The lowest BCUT2D eigenvalue weighted by molar-refractivity contribution is 0.0490. The summed E-state index contributed by atoms with van der Waals surface area (Å²) >= 11 is 0. The number of hydrogen-bond donors (Lipinski definition) is 1. The lowest BCUT2D eigenvalue weighted by atomic mass is 9.90. The quantitative estimate of drug-likeness (QED) is 0.916. The van der Waals surface area contributed by atoms with Crippen molar-refractivity contribution in [1.29, 1.82) is 0 Å². The van der Waals surface area contributed by atoms with E-state index in [4.69, 9.17) is 4.74 Å². The molecule has 2 atom stereocenters. The third kappa shape index (κ3) is 4.71. The molecule has 1 saturated heterocycles. The fraction of sp³-hybridized carbons (Fsp3) is 0.632. The van der Waals surface area contributed by atoms with E-state index in [9.17, 15) is 4.79 Å². The largest absolute Gasteiger partial charge is 0.444 e. The van der Waals surface area contributed by atoms with Crippen LogP contribution in [-0.4, -0.2) is 35.7 Å². The van der Waals surface area contributed by atoms with Crippen LogP contribution < -0.4 is 5.32 Å². The predicted molar refractivity (Wildman–Crippen MR) is 93.4 cm³/mol. The SMILES string of the molecule is C[C@H](c1ccccc1)N1CC(OC(=O)NC(C)(C)C)C(C)(C)C1. The van der Waals surface area contributed by atoms with Gasteiger partial charge in [-0.05, 0) is 33.3 Å². The van der Waals surface area contributed by atoms with Crippen molar-refractivity contribution in [3.63, 3.8) is 0 Å². The molecule has 1 aromatic carbocycles. The van der Waals surface area contributed by atoms with E-state index >= 15 is 0 Å². The lowest BCUT2D eigenvalue weighted by Crippen LogP contribution is -2.44. The Hall–Kier alpha value is -1.55. The molecule has 1 fully saturated rings. The highest BCUT2D eigenvalue weighted by Gasteiger charge is 2.43. The molecule has 4 nitrogen and oxygen atoms in total. The zero-order valence-electron chi connectivity index (χ0n) is 15.2.